The normalized spacial score (nSPS) is 16.8. The highest BCUT2D eigenvalue weighted by molar-refractivity contribution is 5.81. The molecule has 0 spiro atoms. The molecule has 6 nitrogen and oxygen atoms in total. The van der Waals surface area contributed by atoms with Crippen molar-refractivity contribution in [3.63, 3.8) is 0 Å². The van der Waals surface area contributed by atoms with Gasteiger partial charge in [0.1, 0.15) is 11.9 Å². The van der Waals surface area contributed by atoms with E-state index in [0.29, 0.717) is 19.1 Å². The molecule has 0 radical (unpaired) electrons. The number of aromatic nitrogens is 3. The molecule has 7 heteroatoms. The van der Waals surface area contributed by atoms with Gasteiger partial charge in [-0.3, -0.25) is 9.88 Å². The minimum absolute atomic E-state index is 0.244. The van der Waals surface area contributed by atoms with Gasteiger partial charge in [0.05, 0.1) is 17.8 Å². The predicted octanol–water partition coefficient (Wildman–Crippen LogP) is 4.47. The number of pyridine rings is 1. The number of para-hydroxylation sites is 1. The molecule has 0 amide bonds. The van der Waals surface area contributed by atoms with Gasteiger partial charge in [-0.1, -0.05) is 30.3 Å². The minimum atomic E-state index is -0.286. The lowest BCUT2D eigenvalue weighted by Crippen LogP contribution is -2.38. The van der Waals surface area contributed by atoms with Gasteiger partial charge in [-0.25, -0.2) is 14.4 Å². The Hall–Kier alpha value is -3.42. The van der Waals surface area contributed by atoms with Crippen LogP contribution in [0.25, 0.3) is 22.0 Å². The predicted molar refractivity (Wildman–Crippen MR) is 127 cm³/mol. The molecule has 0 saturated carbocycles. The zero-order chi connectivity index (χ0) is 22.8. The molecule has 1 aliphatic heterocycles. The summed E-state index contributed by atoms with van der Waals surface area (Å²) in [6.07, 6.45) is 3.39. The Labute approximate surface area is 192 Å². The second-order valence-electron chi connectivity index (χ2n) is 8.46. The van der Waals surface area contributed by atoms with Crippen LogP contribution >= 0.6 is 0 Å². The average Bonchev–Trinajstić information content (AvgIpc) is 2.84. The van der Waals surface area contributed by atoms with E-state index in [1.54, 1.807) is 12.3 Å². The maximum atomic E-state index is 14.0. The number of halogens is 1. The number of benzene rings is 2. The van der Waals surface area contributed by atoms with Crippen molar-refractivity contribution < 1.29 is 9.13 Å². The largest absolute Gasteiger partial charge is 0.369 e. The Morgan fingerprint density at radius 2 is 1.97 bits per heavy atom. The highest BCUT2D eigenvalue weighted by Crippen LogP contribution is 2.32. The van der Waals surface area contributed by atoms with Gasteiger partial charge in [0.15, 0.2) is 0 Å². The summed E-state index contributed by atoms with van der Waals surface area (Å²) in [5.74, 6) is 0.317. The molecule has 0 N–H and O–H groups in total. The molecule has 1 atom stereocenters. The summed E-state index contributed by atoms with van der Waals surface area (Å²) in [6.45, 7) is 2.90. The summed E-state index contributed by atoms with van der Waals surface area (Å²) in [7, 11) is 3.81. The maximum absolute atomic E-state index is 14.0. The van der Waals surface area contributed by atoms with E-state index in [4.69, 9.17) is 9.72 Å². The molecule has 2 aromatic carbocycles. The van der Waals surface area contributed by atoms with Crippen LogP contribution in [0.4, 0.5) is 10.3 Å². The van der Waals surface area contributed by atoms with Crippen molar-refractivity contribution >= 4 is 16.9 Å². The summed E-state index contributed by atoms with van der Waals surface area (Å²) >= 11 is 0. The average molecular weight is 444 g/mol. The van der Waals surface area contributed by atoms with Crippen molar-refractivity contribution in [3.05, 3.63) is 84.1 Å². The van der Waals surface area contributed by atoms with E-state index in [1.807, 2.05) is 49.5 Å². The zero-order valence-electron chi connectivity index (χ0n) is 18.8. The van der Waals surface area contributed by atoms with Gasteiger partial charge >= 0.3 is 0 Å². The van der Waals surface area contributed by atoms with E-state index < -0.39 is 0 Å². The monoisotopic (exact) mass is 443 g/mol. The van der Waals surface area contributed by atoms with Gasteiger partial charge < -0.3 is 9.64 Å². The molecule has 4 aromatic rings. The van der Waals surface area contributed by atoms with Crippen LogP contribution in [0.15, 0.2) is 67.0 Å². The molecule has 1 unspecified atom stereocenters. The molecule has 33 heavy (non-hydrogen) atoms. The standard InChI is InChI=1S/C26H26FN5O/c1-31(2)26-29-15-22(18-6-5-7-20(27)14-18)25(30-26)24-17-32(12-13-33-24)16-19-10-11-28-23-9-4-3-8-21(19)23/h3-11,14-15,24H,12-13,16-17H2,1-2H3. The summed E-state index contributed by atoms with van der Waals surface area (Å²) < 4.78 is 20.2. The lowest BCUT2D eigenvalue weighted by Gasteiger charge is -2.33. The summed E-state index contributed by atoms with van der Waals surface area (Å²) in [5.41, 5.74) is 4.56. The molecule has 0 aliphatic carbocycles. The number of fused-ring (bicyclic) bond motifs is 1. The topological polar surface area (TPSA) is 54.4 Å². The van der Waals surface area contributed by atoms with Crippen molar-refractivity contribution in [1.82, 2.24) is 19.9 Å². The first-order valence-electron chi connectivity index (χ1n) is 11.1. The third-order valence-corrected chi connectivity index (χ3v) is 5.93. The lowest BCUT2D eigenvalue weighted by molar-refractivity contribution is -0.0345. The fraction of sp³-hybridized carbons (Fsp3) is 0.269. The smallest absolute Gasteiger partial charge is 0.225 e. The van der Waals surface area contributed by atoms with Crippen LogP contribution in [0.5, 0.6) is 0 Å². The second kappa shape index (κ2) is 9.21. The molecule has 1 aliphatic rings. The third-order valence-electron chi connectivity index (χ3n) is 5.93. The number of nitrogens with zero attached hydrogens (tertiary/aromatic N) is 5. The van der Waals surface area contributed by atoms with E-state index in [-0.39, 0.29) is 11.9 Å². The van der Waals surface area contributed by atoms with Gasteiger partial charge in [-0.05, 0) is 35.4 Å². The van der Waals surface area contributed by atoms with E-state index >= 15 is 0 Å². The molecule has 2 aromatic heterocycles. The molecule has 0 bridgehead atoms. The van der Waals surface area contributed by atoms with Gasteiger partial charge in [0.25, 0.3) is 0 Å². The summed E-state index contributed by atoms with van der Waals surface area (Å²) in [6, 6.07) is 16.8. The number of ether oxygens (including phenoxy) is 1. The fourth-order valence-electron chi connectivity index (χ4n) is 4.27. The van der Waals surface area contributed by atoms with Crippen molar-refractivity contribution in [3.8, 4) is 11.1 Å². The molecular formula is C26H26FN5O. The molecule has 3 heterocycles. The van der Waals surface area contributed by atoms with Crippen molar-refractivity contribution in [2.45, 2.75) is 12.6 Å². The SMILES string of the molecule is CN(C)c1ncc(-c2cccc(F)c2)c(C2CN(Cc3ccnc4ccccc34)CCO2)n1. The van der Waals surface area contributed by atoms with Crippen LogP contribution in [0.1, 0.15) is 17.4 Å². The van der Waals surface area contributed by atoms with Gasteiger partial charge in [-0.15, -0.1) is 0 Å². The van der Waals surface area contributed by atoms with E-state index in [1.165, 1.54) is 23.1 Å². The number of hydrogen-bond acceptors (Lipinski definition) is 6. The first-order chi connectivity index (χ1) is 16.1. The number of hydrogen-bond donors (Lipinski definition) is 0. The Morgan fingerprint density at radius 1 is 1.09 bits per heavy atom. The van der Waals surface area contributed by atoms with Gasteiger partial charge in [0, 0.05) is 57.1 Å². The molecule has 5 rings (SSSR count). The number of anilines is 1. The van der Waals surface area contributed by atoms with Crippen LogP contribution in [0.3, 0.4) is 0 Å². The molecule has 1 fully saturated rings. The van der Waals surface area contributed by atoms with Crippen molar-refractivity contribution in [1.29, 1.82) is 0 Å². The Balaban J connectivity index is 1.46. The van der Waals surface area contributed by atoms with E-state index in [2.05, 4.69) is 27.0 Å². The highest BCUT2D eigenvalue weighted by Gasteiger charge is 2.27. The second-order valence-corrected chi connectivity index (χ2v) is 8.46. The summed E-state index contributed by atoms with van der Waals surface area (Å²) in [4.78, 5) is 18.0. The Kier molecular flexibility index (Phi) is 5.98. The maximum Gasteiger partial charge on any atom is 0.225 e. The van der Waals surface area contributed by atoms with Crippen LogP contribution in [-0.2, 0) is 11.3 Å². The van der Waals surface area contributed by atoms with Crippen LogP contribution in [0, 0.1) is 5.82 Å². The first-order valence-corrected chi connectivity index (χ1v) is 11.1. The number of rotatable bonds is 5. The fourth-order valence-corrected chi connectivity index (χ4v) is 4.27. The van der Waals surface area contributed by atoms with E-state index in [0.717, 1.165) is 35.4 Å². The van der Waals surface area contributed by atoms with Crippen molar-refractivity contribution in [2.75, 3.05) is 38.7 Å². The Bertz CT molecular complexity index is 1270. The molecule has 1 saturated heterocycles. The van der Waals surface area contributed by atoms with Crippen LogP contribution in [-0.4, -0.2) is 53.6 Å². The lowest BCUT2D eigenvalue weighted by atomic mass is 10.0. The quantitative estimate of drug-likeness (QED) is 0.454. The highest BCUT2D eigenvalue weighted by atomic mass is 19.1. The Morgan fingerprint density at radius 3 is 2.82 bits per heavy atom. The molecular weight excluding hydrogens is 417 g/mol. The van der Waals surface area contributed by atoms with Gasteiger partial charge in [-0.2, -0.15) is 0 Å². The molecule has 168 valence electrons. The number of morpholine rings is 1. The third kappa shape index (κ3) is 4.55. The van der Waals surface area contributed by atoms with Gasteiger partial charge in [0.2, 0.25) is 5.95 Å². The van der Waals surface area contributed by atoms with Crippen LogP contribution in [0.2, 0.25) is 0 Å². The summed E-state index contributed by atoms with van der Waals surface area (Å²) in [5, 5.41) is 1.17. The zero-order valence-corrected chi connectivity index (χ0v) is 18.8. The van der Waals surface area contributed by atoms with E-state index in [9.17, 15) is 4.39 Å². The first kappa shape index (κ1) is 21.4. The van der Waals surface area contributed by atoms with Crippen molar-refractivity contribution in [2.24, 2.45) is 0 Å². The van der Waals surface area contributed by atoms with Crippen LogP contribution < -0.4 is 4.90 Å². The minimum Gasteiger partial charge on any atom is -0.369 e.